The van der Waals surface area contributed by atoms with Gasteiger partial charge in [0, 0.05) is 6.54 Å². The van der Waals surface area contributed by atoms with Crippen molar-refractivity contribution in [1.29, 1.82) is 0 Å². The van der Waals surface area contributed by atoms with Crippen LogP contribution in [0, 0.1) is 5.92 Å². The van der Waals surface area contributed by atoms with Crippen molar-refractivity contribution in [3.05, 3.63) is 11.9 Å². The van der Waals surface area contributed by atoms with E-state index in [1.165, 1.54) is 0 Å². The van der Waals surface area contributed by atoms with Gasteiger partial charge in [0.25, 0.3) is 5.91 Å². The quantitative estimate of drug-likeness (QED) is 0.723. The number of nitrogens with zero attached hydrogens (tertiary/aromatic N) is 3. The summed E-state index contributed by atoms with van der Waals surface area (Å²) in [5.74, 6) is -0.977. The second-order valence-electron chi connectivity index (χ2n) is 5.56. The molecule has 0 unspecified atom stereocenters. The summed E-state index contributed by atoms with van der Waals surface area (Å²) in [5, 5.41) is 19.3. The first-order valence-electron chi connectivity index (χ1n) is 7.37. The Hall–Kier alpha value is -1.92. The number of carbonyl (C=O) groups excluding carboxylic acids is 1. The largest absolute Gasteiger partial charge is 0.480 e. The van der Waals surface area contributed by atoms with Gasteiger partial charge < -0.3 is 10.4 Å². The molecule has 1 amide bonds. The van der Waals surface area contributed by atoms with Crippen LogP contribution in [0.15, 0.2) is 6.20 Å². The predicted octanol–water partition coefficient (Wildman–Crippen LogP) is 1.70. The summed E-state index contributed by atoms with van der Waals surface area (Å²) in [5.41, 5.74) is 0.154. The highest BCUT2D eigenvalue weighted by Crippen LogP contribution is 2.04. The third-order valence-electron chi connectivity index (χ3n) is 3.16. The van der Waals surface area contributed by atoms with E-state index in [0.717, 1.165) is 19.3 Å². The molecular formula is C14H24N4O3. The molecule has 1 heterocycles. The van der Waals surface area contributed by atoms with Gasteiger partial charge >= 0.3 is 5.97 Å². The van der Waals surface area contributed by atoms with Crippen LogP contribution in [-0.4, -0.2) is 38.0 Å². The number of aryl methyl sites for hydroxylation is 1. The molecule has 0 aromatic carbocycles. The van der Waals surface area contributed by atoms with Crippen molar-refractivity contribution < 1.29 is 14.7 Å². The first-order chi connectivity index (χ1) is 9.93. The van der Waals surface area contributed by atoms with Gasteiger partial charge in [0.15, 0.2) is 5.69 Å². The zero-order chi connectivity index (χ0) is 15.8. The van der Waals surface area contributed by atoms with Gasteiger partial charge in [0.1, 0.15) is 6.04 Å². The Morgan fingerprint density at radius 3 is 2.67 bits per heavy atom. The molecule has 118 valence electrons. The third-order valence-corrected chi connectivity index (χ3v) is 3.16. The number of unbranched alkanes of at least 4 members (excludes halogenated alkanes) is 1. The van der Waals surface area contributed by atoms with Crippen molar-refractivity contribution >= 4 is 11.9 Å². The number of hydrogen-bond acceptors (Lipinski definition) is 4. The lowest BCUT2D eigenvalue weighted by Crippen LogP contribution is -2.40. The van der Waals surface area contributed by atoms with E-state index in [1.54, 1.807) is 10.9 Å². The summed E-state index contributed by atoms with van der Waals surface area (Å²) in [6.07, 6.45) is 4.54. The Morgan fingerprint density at radius 2 is 2.10 bits per heavy atom. The van der Waals surface area contributed by atoms with Crippen LogP contribution >= 0.6 is 0 Å². The summed E-state index contributed by atoms with van der Waals surface area (Å²) >= 11 is 0. The fourth-order valence-electron chi connectivity index (χ4n) is 1.80. The van der Waals surface area contributed by atoms with Crippen LogP contribution in [0.4, 0.5) is 0 Å². The van der Waals surface area contributed by atoms with E-state index < -0.39 is 17.9 Å². The van der Waals surface area contributed by atoms with Crippen molar-refractivity contribution in [3.8, 4) is 0 Å². The topological polar surface area (TPSA) is 97.1 Å². The summed E-state index contributed by atoms with van der Waals surface area (Å²) < 4.78 is 1.61. The maximum absolute atomic E-state index is 12.0. The lowest BCUT2D eigenvalue weighted by Gasteiger charge is -2.12. The molecule has 0 saturated heterocycles. The lowest BCUT2D eigenvalue weighted by atomic mass is 10.1. The van der Waals surface area contributed by atoms with E-state index >= 15 is 0 Å². The highest BCUT2D eigenvalue weighted by Gasteiger charge is 2.21. The normalized spacial score (nSPS) is 12.4. The number of carboxylic acids is 1. The highest BCUT2D eigenvalue weighted by molar-refractivity contribution is 5.94. The molecule has 1 aromatic heterocycles. The van der Waals surface area contributed by atoms with E-state index in [4.69, 9.17) is 5.11 Å². The van der Waals surface area contributed by atoms with E-state index in [1.807, 2.05) is 6.92 Å². The number of aliphatic carboxylic acids is 1. The zero-order valence-electron chi connectivity index (χ0n) is 12.9. The van der Waals surface area contributed by atoms with Gasteiger partial charge in [0.05, 0.1) is 6.20 Å². The second kappa shape index (κ2) is 8.39. The fourth-order valence-corrected chi connectivity index (χ4v) is 1.80. The van der Waals surface area contributed by atoms with E-state index in [2.05, 4.69) is 29.5 Å². The molecule has 1 aromatic rings. The standard InChI is InChI=1S/C14H24N4O3/c1-4-5-6-11(14(20)21)15-13(19)12-9-18(17-16-12)8-7-10(2)3/h9-11H,4-8H2,1-3H3,(H,15,19)(H,20,21)/t11-/m0/s1. The summed E-state index contributed by atoms with van der Waals surface area (Å²) in [6, 6.07) is -0.877. The molecule has 0 spiro atoms. The van der Waals surface area contributed by atoms with Crippen LogP contribution in [0.2, 0.25) is 0 Å². The monoisotopic (exact) mass is 296 g/mol. The maximum Gasteiger partial charge on any atom is 0.326 e. The molecular weight excluding hydrogens is 272 g/mol. The van der Waals surface area contributed by atoms with Crippen LogP contribution in [-0.2, 0) is 11.3 Å². The van der Waals surface area contributed by atoms with Gasteiger partial charge in [-0.15, -0.1) is 5.10 Å². The van der Waals surface area contributed by atoms with E-state index in [9.17, 15) is 9.59 Å². The Labute approximate surface area is 124 Å². The Morgan fingerprint density at radius 1 is 1.38 bits per heavy atom. The number of carboxylic acid groups (broad SMARTS) is 1. The van der Waals surface area contributed by atoms with Gasteiger partial charge in [-0.05, 0) is 18.8 Å². The minimum absolute atomic E-state index is 0.154. The Bertz CT molecular complexity index is 471. The highest BCUT2D eigenvalue weighted by atomic mass is 16.4. The molecule has 2 N–H and O–H groups in total. The number of hydrogen-bond donors (Lipinski definition) is 2. The molecule has 21 heavy (non-hydrogen) atoms. The van der Waals surface area contributed by atoms with Crippen molar-refractivity contribution in [2.75, 3.05) is 0 Å². The zero-order valence-corrected chi connectivity index (χ0v) is 12.9. The molecule has 0 saturated carbocycles. The molecule has 7 heteroatoms. The van der Waals surface area contributed by atoms with Crippen molar-refractivity contribution in [3.63, 3.8) is 0 Å². The number of aromatic nitrogens is 3. The average Bonchev–Trinajstić information content (AvgIpc) is 2.89. The molecule has 0 aliphatic rings. The molecule has 0 aliphatic carbocycles. The van der Waals surface area contributed by atoms with Crippen LogP contribution in [0.3, 0.4) is 0 Å². The summed E-state index contributed by atoms with van der Waals surface area (Å²) in [6.45, 7) is 6.88. The van der Waals surface area contributed by atoms with Crippen molar-refractivity contribution in [1.82, 2.24) is 20.3 Å². The predicted molar refractivity (Wildman–Crippen MR) is 77.9 cm³/mol. The number of amides is 1. The SMILES string of the molecule is CCCC[C@H](NC(=O)c1cn(CCC(C)C)nn1)C(=O)O. The number of carbonyl (C=O) groups is 2. The molecule has 1 atom stereocenters. The first-order valence-corrected chi connectivity index (χ1v) is 7.37. The van der Waals surface area contributed by atoms with E-state index in [0.29, 0.717) is 18.9 Å². The second-order valence-corrected chi connectivity index (χ2v) is 5.56. The van der Waals surface area contributed by atoms with E-state index in [-0.39, 0.29) is 5.69 Å². The minimum Gasteiger partial charge on any atom is -0.480 e. The lowest BCUT2D eigenvalue weighted by molar-refractivity contribution is -0.139. The Kier molecular flexibility index (Phi) is 6.84. The molecule has 7 nitrogen and oxygen atoms in total. The summed E-state index contributed by atoms with van der Waals surface area (Å²) in [4.78, 5) is 23.1. The average molecular weight is 296 g/mol. The van der Waals surface area contributed by atoms with Gasteiger partial charge in [-0.25, -0.2) is 4.79 Å². The maximum atomic E-state index is 12.0. The smallest absolute Gasteiger partial charge is 0.326 e. The number of rotatable bonds is 9. The van der Waals surface area contributed by atoms with Crippen LogP contribution < -0.4 is 5.32 Å². The van der Waals surface area contributed by atoms with Gasteiger partial charge in [-0.3, -0.25) is 9.48 Å². The van der Waals surface area contributed by atoms with Gasteiger partial charge in [0.2, 0.25) is 0 Å². The minimum atomic E-state index is -1.02. The fraction of sp³-hybridized carbons (Fsp3) is 0.714. The summed E-state index contributed by atoms with van der Waals surface area (Å²) in [7, 11) is 0. The van der Waals surface area contributed by atoms with Gasteiger partial charge in [-0.2, -0.15) is 0 Å². The van der Waals surface area contributed by atoms with Crippen molar-refractivity contribution in [2.24, 2.45) is 5.92 Å². The van der Waals surface area contributed by atoms with Crippen LogP contribution in [0.25, 0.3) is 0 Å². The van der Waals surface area contributed by atoms with Crippen molar-refractivity contribution in [2.45, 2.75) is 59.0 Å². The molecule has 0 aliphatic heterocycles. The third kappa shape index (κ3) is 5.93. The number of nitrogens with one attached hydrogen (secondary N) is 1. The molecule has 0 radical (unpaired) electrons. The molecule has 1 rings (SSSR count). The van der Waals surface area contributed by atoms with Crippen LogP contribution in [0.5, 0.6) is 0 Å². The molecule has 0 fully saturated rings. The first kappa shape index (κ1) is 17.1. The Balaban J connectivity index is 2.59. The molecule has 0 bridgehead atoms. The van der Waals surface area contributed by atoms with Crippen LogP contribution in [0.1, 0.15) is 56.9 Å². The van der Waals surface area contributed by atoms with Gasteiger partial charge in [-0.1, -0.05) is 38.8 Å².